The summed E-state index contributed by atoms with van der Waals surface area (Å²) in [6, 6.07) is 0.405. The Morgan fingerprint density at radius 2 is 2.15 bits per heavy atom. The second-order valence-electron chi connectivity index (χ2n) is 3.19. The number of hydrogen-bond acceptors (Lipinski definition) is 2. The van der Waals surface area contributed by atoms with Gasteiger partial charge in [-0.05, 0) is 13.8 Å². The summed E-state index contributed by atoms with van der Waals surface area (Å²) in [5, 5.41) is 0. The summed E-state index contributed by atoms with van der Waals surface area (Å²) >= 11 is 0. The highest BCUT2D eigenvalue weighted by molar-refractivity contribution is 5.43. The molecule has 0 fully saturated rings. The van der Waals surface area contributed by atoms with Crippen molar-refractivity contribution in [2.75, 3.05) is 0 Å². The third-order valence-electron chi connectivity index (χ3n) is 1.94. The van der Waals surface area contributed by atoms with Crippen molar-refractivity contribution >= 4 is 0 Å². The van der Waals surface area contributed by atoms with E-state index in [9.17, 15) is 0 Å². The van der Waals surface area contributed by atoms with Gasteiger partial charge in [-0.15, -0.1) is 0 Å². The minimum absolute atomic E-state index is 0.405. The zero-order chi connectivity index (χ0) is 9.26. The van der Waals surface area contributed by atoms with Crippen LogP contribution in [0, 0.1) is 0 Å². The summed E-state index contributed by atoms with van der Waals surface area (Å²) in [5.74, 6) is 1.71. The number of nitrogens with zero attached hydrogens (tertiary/aromatic N) is 3. The Labute approximate surface area is 76.7 Å². The molecule has 1 N–H and O–H groups in total. The highest BCUT2D eigenvalue weighted by atomic mass is 15.1. The summed E-state index contributed by atoms with van der Waals surface area (Å²) in [4.78, 5) is 11.5. The van der Waals surface area contributed by atoms with Crippen LogP contribution in [0.3, 0.4) is 0 Å². The summed E-state index contributed by atoms with van der Waals surface area (Å²) in [6.45, 7) is 4.24. The lowest BCUT2D eigenvalue weighted by molar-refractivity contribution is 0.604. The number of aromatic amines is 1. The maximum absolute atomic E-state index is 4.25. The maximum Gasteiger partial charge on any atom is 0.176 e. The minimum Gasteiger partial charge on any atom is -0.342 e. The van der Waals surface area contributed by atoms with Gasteiger partial charge in [-0.25, -0.2) is 9.97 Å². The van der Waals surface area contributed by atoms with Gasteiger partial charge in [0.25, 0.3) is 0 Å². The Balaban J connectivity index is 2.46. The van der Waals surface area contributed by atoms with Crippen molar-refractivity contribution in [2.24, 2.45) is 0 Å². The van der Waals surface area contributed by atoms with Crippen LogP contribution >= 0.6 is 0 Å². The number of hydrogen-bond donors (Lipinski definition) is 1. The Kier molecular flexibility index (Phi) is 1.88. The predicted molar refractivity (Wildman–Crippen MR) is 50.2 cm³/mol. The molecule has 2 heterocycles. The van der Waals surface area contributed by atoms with Crippen LogP contribution in [0.5, 0.6) is 0 Å². The zero-order valence-electron chi connectivity index (χ0n) is 7.73. The van der Waals surface area contributed by atoms with Crippen LogP contribution in [0.2, 0.25) is 0 Å². The van der Waals surface area contributed by atoms with Crippen LogP contribution < -0.4 is 0 Å². The Hall–Kier alpha value is -1.58. The third kappa shape index (κ3) is 1.35. The molecule has 4 nitrogen and oxygen atoms in total. The molecule has 0 amide bonds. The van der Waals surface area contributed by atoms with Crippen molar-refractivity contribution in [1.29, 1.82) is 0 Å². The van der Waals surface area contributed by atoms with Gasteiger partial charge in [0.05, 0.1) is 0 Å². The number of imidazole rings is 2. The molecule has 0 atom stereocenters. The van der Waals surface area contributed by atoms with Crippen LogP contribution in [-0.2, 0) is 0 Å². The lowest BCUT2D eigenvalue weighted by Gasteiger charge is -2.08. The van der Waals surface area contributed by atoms with Gasteiger partial charge in [-0.3, -0.25) is 0 Å². The van der Waals surface area contributed by atoms with E-state index in [2.05, 4.69) is 33.4 Å². The lowest BCUT2D eigenvalue weighted by Crippen LogP contribution is -2.02. The molecule has 0 bridgehead atoms. The van der Waals surface area contributed by atoms with E-state index in [1.165, 1.54) is 0 Å². The van der Waals surface area contributed by atoms with Crippen LogP contribution in [0.4, 0.5) is 0 Å². The van der Waals surface area contributed by atoms with Crippen molar-refractivity contribution in [3.63, 3.8) is 0 Å². The number of rotatable bonds is 2. The molecule has 2 rings (SSSR count). The van der Waals surface area contributed by atoms with Gasteiger partial charge >= 0.3 is 0 Å². The van der Waals surface area contributed by atoms with E-state index in [0.29, 0.717) is 6.04 Å². The molecule has 68 valence electrons. The predicted octanol–water partition coefficient (Wildman–Crippen LogP) is 1.85. The second kappa shape index (κ2) is 3.05. The van der Waals surface area contributed by atoms with Crippen LogP contribution in [0.15, 0.2) is 24.8 Å². The molecule has 2 aromatic heterocycles. The van der Waals surface area contributed by atoms with E-state index < -0.39 is 0 Å². The molecule has 0 unspecified atom stereocenters. The van der Waals surface area contributed by atoms with Crippen molar-refractivity contribution in [1.82, 2.24) is 19.5 Å². The Morgan fingerprint density at radius 3 is 2.77 bits per heavy atom. The molecule has 13 heavy (non-hydrogen) atoms. The molecule has 0 aliphatic carbocycles. The molecule has 0 spiro atoms. The highest BCUT2D eigenvalue weighted by Crippen LogP contribution is 2.16. The smallest absolute Gasteiger partial charge is 0.176 e. The second-order valence-corrected chi connectivity index (χ2v) is 3.19. The van der Waals surface area contributed by atoms with Gasteiger partial charge in [0.15, 0.2) is 11.6 Å². The van der Waals surface area contributed by atoms with Gasteiger partial charge in [0, 0.05) is 30.8 Å². The quantitative estimate of drug-likeness (QED) is 0.759. The third-order valence-corrected chi connectivity index (χ3v) is 1.94. The topological polar surface area (TPSA) is 46.5 Å². The fourth-order valence-electron chi connectivity index (χ4n) is 1.30. The largest absolute Gasteiger partial charge is 0.342 e. The van der Waals surface area contributed by atoms with E-state index in [0.717, 1.165) is 11.6 Å². The van der Waals surface area contributed by atoms with E-state index in [-0.39, 0.29) is 0 Å². The van der Waals surface area contributed by atoms with Crippen LogP contribution in [0.1, 0.15) is 19.9 Å². The van der Waals surface area contributed by atoms with Gasteiger partial charge in [-0.2, -0.15) is 0 Å². The Bertz CT molecular complexity index is 372. The average molecular weight is 176 g/mol. The molecule has 0 radical (unpaired) electrons. The first-order chi connectivity index (χ1) is 6.29. The normalized spacial score (nSPS) is 11.0. The van der Waals surface area contributed by atoms with Gasteiger partial charge in [0.2, 0.25) is 0 Å². The molecule has 0 saturated heterocycles. The Morgan fingerprint density at radius 1 is 1.31 bits per heavy atom. The van der Waals surface area contributed by atoms with Gasteiger partial charge in [-0.1, -0.05) is 0 Å². The molecule has 2 aromatic rings. The van der Waals surface area contributed by atoms with Crippen molar-refractivity contribution in [3.05, 3.63) is 24.8 Å². The van der Waals surface area contributed by atoms with Crippen molar-refractivity contribution in [2.45, 2.75) is 19.9 Å². The number of aromatic nitrogens is 4. The van der Waals surface area contributed by atoms with E-state index in [1.54, 1.807) is 18.6 Å². The van der Waals surface area contributed by atoms with E-state index in [4.69, 9.17) is 0 Å². The molecule has 0 saturated carbocycles. The van der Waals surface area contributed by atoms with Crippen LogP contribution in [0.25, 0.3) is 11.6 Å². The van der Waals surface area contributed by atoms with Crippen LogP contribution in [-0.4, -0.2) is 19.5 Å². The average Bonchev–Trinajstić information content (AvgIpc) is 2.74. The van der Waals surface area contributed by atoms with E-state index in [1.807, 2.05) is 6.20 Å². The first-order valence-corrected chi connectivity index (χ1v) is 4.31. The monoisotopic (exact) mass is 176 g/mol. The summed E-state index contributed by atoms with van der Waals surface area (Å²) in [5.41, 5.74) is 0. The van der Waals surface area contributed by atoms with Crippen molar-refractivity contribution < 1.29 is 0 Å². The lowest BCUT2D eigenvalue weighted by atomic mass is 10.4. The molecule has 0 aliphatic heterocycles. The fraction of sp³-hybridized carbons (Fsp3) is 0.333. The standard InChI is InChI=1S/C9H12N4/c1-7(2)13-6-5-12-9(13)8-10-3-4-11-8/h3-7H,1-2H3,(H,10,11). The molecule has 4 heteroatoms. The molecule has 0 aromatic carbocycles. The van der Waals surface area contributed by atoms with Crippen molar-refractivity contribution in [3.8, 4) is 11.6 Å². The molecular weight excluding hydrogens is 164 g/mol. The molecule has 0 aliphatic rings. The summed E-state index contributed by atoms with van der Waals surface area (Å²) in [7, 11) is 0. The number of nitrogens with one attached hydrogen (secondary N) is 1. The summed E-state index contributed by atoms with van der Waals surface area (Å²) in [6.07, 6.45) is 7.28. The SMILES string of the molecule is CC(C)n1ccnc1-c1ncc[nH]1. The summed E-state index contributed by atoms with van der Waals surface area (Å²) < 4.78 is 2.08. The highest BCUT2D eigenvalue weighted by Gasteiger charge is 2.09. The zero-order valence-corrected chi connectivity index (χ0v) is 7.73. The number of H-pyrrole nitrogens is 1. The van der Waals surface area contributed by atoms with Gasteiger partial charge in [0.1, 0.15) is 0 Å². The minimum atomic E-state index is 0.405. The van der Waals surface area contributed by atoms with Gasteiger partial charge < -0.3 is 9.55 Å². The van der Waals surface area contributed by atoms with E-state index >= 15 is 0 Å². The fourth-order valence-corrected chi connectivity index (χ4v) is 1.30. The molecular formula is C9H12N4. The first kappa shape index (κ1) is 8.04. The first-order valence-electron chi connectivity index (χ1n) is 4.31. The maximum atomic E-state index is 4.25.